The van der Waals surface area contributed by atoms with E-state index in [0.29, 0.717) is 5.92 Å². The van der Waals surface area contributed by atoms with Crippen LogP contribution in [0.1, 0.15) is 38.7 Å². The van der Waals surface area contributed by atoms with Gasteiger partial charge in [0, 0.05) is 13.1 Å². The van der Waals surface area contributed by atoms with Crippen LogP contribution in [0, 0.1) is 5.92 Å². The molecule has 1 atom stereocenters. The maximum atomic E-state index is 10.9. The number of carbonyl (C=O) groups is 1. The average Bonchev–Trinajstić information content (AvgIpc) is 2.95. The summed E-state index contributed by atoms with van der Waals surface area (Å²) in [6, 6.07) is 10.6. The van der Waals surface area contributed by atoms with Crippen molar-refractivity contribution in [3.05, 3.63) is 35.9 Å². The molecule has 5 heteroatoms. The molecule has 1 fully saturated rings. The number of hydrogen-bond donors (Lipinski definition) is 2. The Morgan fingerprint density at radius 1 is 1.30 bits per heavy atom. The predicted molar refractivity (Wildman–Crippen MR) is 93.9 cm³/mol. The van der Waals surface area contributed by atoms with Gasteiger partial charge in [-0.25, -0.2) is 4.79 Å². The third-order valence-electron chi connectivity index (χ3n) is 4.15. The minimum absolute atomic E-state index is 0.460. The van der Waals surface area contributed by atoms with Gasteiger partial charge in [-0.3, -0.25) is 4.90 Å². The van der Waals surface area contributed by atoms with Crippen molar-refractivity contribution in [1.29, 1.82) is 0 Å². The number of rotatable bonds is 6. The molecule has 1 saturated heterocycles. The van der Waals surface area contributed by atoms with Gasteiger partial charge < -0.3 is 16.2 Å². The maximum absolute atomic E-state index is 10.9. The van der Waals surface area contributed by atoms with E-state index in [1.165, 1.54) is 19.0 Å². The Bertz CT molecular complexity index is 463. The van der Waals surface area contributed by atoms with Crippen LogP contribution in [-0.2, 0) is 11.3 Å². The van der Waals surface area contributed by atoms with Gasteiger partial charge in [-0.15, -0.1) is 0 Å². The first kappa shape index (κ1) is 19.5. The van der Waals surface area contributed by atoms with Gasteiger partial charge in [-0.1, -0.05) is 30.3 Å². The average molecular weight is 321 g/mol. The summed E-state index contributed by atoms with van der Waals surface area (Å²) in [5, 5.41) is 0. The number of likely N-dealkylation sites (tertiary alicyclic amines) is 1. The van der Waals surface area contributed by atoms with E-state index < -0.39 is 11.7 Å². The second-order valence-electron chi connectivity index (χ2n) is 6.59. The Labute approximate surface area is 140 Å². The van der Waals surface area contributed by atoms with Gasteiger partial charge in [-0.05, 0) is 58.2 Å². The zero-order valence-corrected chi connectivity index (χ0v) is 14.6. The largest absolute Gasteiger partial charge is 0.444 e. The van der Waals surface area contributed by atoms with Crippen molar-refractivity contribution in [3.8, 4) is 0 Å². The number of nitrogens with zero attached hydrogens (tertiary/aromatic N) is 1. The van der Waals surface area contributed by atoms with E-state index in [4.69, 9.17) is 10.5 Å². The molecule has 1 aliphatic rings. The fourth-order valence-corrected chi connectivity index (χ4v) is 3.01. The molecule has 1 aromatic rings. The van der Waals surface area contributed by atoms with E-state index in [2.05, 4.69) is 41.0 Å². The molecular weight excluding hydrogens is 290 g/mol. The molecule has 0 radical (unpaired) electrons. The Balaban J connectivity index is 0.00000127. The Morgan fingerprint density at radius 3 is 2.57 bits per heavy atom. The molecule has 1 aromatic carbocycles. The lowest BCUT2D eigenvalue weighted by atomic mass is 9.94. The number of carbonyl (C=O) groups excluding carboxylic acids is 1. The minimum atomic E-state index is -0.683. The van der Waals surface area contributed by atoms with Gasteiger partial charge in [0.2, 0.25) is 0 Å². The summed E-state index contributed by atoms with van der Waals surface area (Å²) in [5.74, 6) is 0.685. The first-order chi connectivity index (χ1) is 10.9. The van der Waals surface area contributed by atoms with Crippen molar-refractivity contribution >= 4 is 6.09 Å². The van der Waals surface area contributed by atoms with E-state index in [9.17, 15) is 4.79 Å². The quantitative estimate of drug-likeness (QED) is 0.844. The van der Waals surface area contributed by atoms with Gasteiger partial charge in [0.1, 0.15) is 5.60 Å². The van der Waals surface area contributed by atoms with Crippen molar-refractivity contribution in [2.45, 2.75) is 45.3 Å². The van der Waals surface area contributed by atoms with Crippen LogP contribution in [0.5, 0.6) is 0 Å². The molecule has 0 bridgehead atoms. The Morgan fingerprint density at radius 2 is 1.96 bits per heavy atom. The lowest BCUT2D eigenvalue weighted by Gasteiger charge is -2.25. The molecular formula is C18H31N3O2. The number of nitrogens with two attached hydrogens (primary N) is 2. The molecule has 130 valence electrons. The third kappa shape index (κ3) is 7.48. The Kier molecular flexibility index (Phi) is 8.06. The zero-order chi connectivity index (χ0) is 17.3. The summed E-state index contributed by atoms with van der Waals surface area (Å²) in [6.07, 6.45) is 2.47. The van der Waals surface area contributed by atoms with E-state index >= 15 is 0 Å². The summed E-state index contributed by atoms with van der Waals surface area (Å²) in [5.41, 5.74) is 10.5. The molecule has 1 amide bonds. The first-order valence-electron chi connectivity index (χ1n) is 8.27. The number of amides is 1. The summed E-state index contributed by atoms with van der Waals surface area (Å²) < 4.78 is 5.15. The minimum Gasteiger partial charge on any atom is -0.444 e. The van der Waals surface area contributed by atoms with Gasteiger partial charge >= 0.3 is 6.09 Å². The Hall–Kier alpha value is -1.59. The smallest absolute Gasteiger partial charge is 0.405 e. The van der Waals surface area contributed by atoms with E-state index in [1.54, 1.807) is 0 Å². The molecule has 0 aliphatic carbocycles. The molecule has 23 heavy (non-hydrogen) atoms. The molecule has 4 N–H and O–H groups in total. The molecule has 1 heterocycles. The van der Waals surface area contributed by atoms with Crippen LogP contribution in [0.15, 0.2) is 30.3 Å². The highest BCUT2D eigenvalue weighted by Gasteiger charge is 2.27. The number of primary amides is 1. The highest BCUT2D eigenvalue weighted by Crippen LogP contribution is 2.27. The van der Waals surface area contributed by atoms with Crippen LogP contribution in [-0.4, -0.2) is 36.7 Å². The lowest BCUT2D eigenvalue weighted by molar-refractivity contribution is 0.0344. The van der Waals surface area contributed by atoms with E-state index in [0.717, 1.165) is 32.5 Å². The van der Waals surface area contributed by atoms with Crippen molar-refractivity contribution < 1.29 is 9.53 Å². The van der Waals surface area contributed by atoms with Gasteiger partial charge in [0.25, 0.3) is 0 Å². The molecule has 0 saturated carbocycles. The molecule has 1 aliphatic heterocycles. The monoisotopic (exact) mass is 321 g/mol. The van der Waals surface area contributed by atoms with Crippen LogP contribution < -0.4 is 11.5 Å². The topological polar surface area (TPSA) is 81.6 Å². The standard InChI is InChI=1S/C17H26N2O2.CH5N/c1-17(2,21-16(18)20)10-8-15-9-11-19(13-15)12-14-6-4-3-5-7-14;1-2/h3-7,15H,8-13H2,1-2H3,(H2,18,20);2H2,1H3. The van der Waals surface area contributed by atoms with Gasteiger partial charge in [-0.2, -0.15) is 0 Å². The summed E-state index contributed by atoms with van der Waals surface area (Å²) >= 11 is 0. The normalized spacial score (nSPS) is 18.2. The van der Waals surface area contributed by atoms with Crippen LogP contribution in [0.25, 0.3) is 0 Å². The summed E-state index contributed by atoms with van der Waals surface area (Å²) in [6.45, 7) is 7.15. The van der Waals surface area contributed by atoms with Crippen molar-refractivity contribution in [2.75, 3.05) is 20.1 Å². The second kappa shape index (κ2) is 9.53. The second-order valence-corrected chi connectivity index (χ2v) is 6.59. The zero-order valence-electron chi connectivity index (χ0n) is 14.6. The number of benzene rings is 1. The fourth-order valence-electron chi connectivity index (χ4n) is 3.01. The summed E-state index contributed by atoms with van der Waals surface area (Å²) in [7, 11) is 1.50. The van der Waals surface area contributed by atoms with E-state index in [-0.39, 0.29) is 0 Å². The van der Waals surface area contributed by atoms with Gasteiger partial charge in [0.15, 0.2) is 0 Å². The molecule has 5 nitrogen and oxygen atoms in total. The number of ether oxygens (including phenoxy) is 1. The third-order valence-corrected chi connectivity index (χ3v) is 4.15. The fraction of sp³-hybridized carbons (Fsp3) is 0.611. The highest BCUT2D eigenvalue weighted by molar-refractivity contribution is 5.65. The van der Waals surface area contributed by atoms with Crippen LogP contribution >= 0.6 is 0 Å². The van der Waals surface area contributed by atoms with Crippen molar-refractivity contribution in [1.82, 2.24) is 4.90 Å². The van der Waals surface area contributed by atoms with E-state index in [1.807, 2.05) is 13.8 Å². The van der Waals surface area contributed by atoms with Crippen molar-refractivity contribution in [3.63, 3.8) is 0 Å². The predicted octanol–water partition coefficient (Wildman–Crippen LogP) is 2.74. The first-order valence-corrected chi connectivity index (χ1v) is 8.27. The van der Waals surface area contributed by atoms with Crippen LogP contribution in [0.2, 0.25) is 0 Å². The molecule has 1 unspecified atom stereocenters. The van der Waals surface area contributed by atoms with Crippen LogP contribution in [0.3, 0.4) is 0 Å². The van der Waals surface area contributed by atoms with Crippen molar-refractivity contribution in [2.24, 2.45) is 17.4 Å². The maximum Gasteiger partial charge on any atom is 0.405 e. The lowest BCUT2D eigenvalue weighted by Crippen LogP contribution is -2.31. The molecule has 2 rings (SSSR count). The highest BCUT2D eigenvalue weighted by atomic mass is 16.6. The number of hydrogen-bond acceptors (Lipinski definition) is 4. The van der Waals surface area contributed by atoms with Crippen LogP contribution in [0.4, 0.5) is 4.79 Å². The molecule has 0 aromatic heterocycles. The van der Waals surface area contributed by atoms with Gasteiger partial charge in [0.05, 0.1) is 0 Å². The summed E-state index contributed by atoms with van der Waals surface area (Å²) in [4.78, 5) is 13.4. The SMILES string of the molecule is CC(C)(CCC1CCN(Cc2ccccc2)C1)OC(N)=O.CN. The molecule has 0 spiro atoms.